The van der Waals surface area contributed by atoms with Crippen LogP contribution >= 0.6 is 11.6 Å². The predicted molar refractivity (Wildman–Crippen MR) is 86.0 cm³/mol. The maximum Gasteiger partial charge on any atom is 0.345 e. The number of nitrogens with one attached hydrogen (secondary N) is 1. The molecule has 3 rings (SSSR count). The van der Waals surface area contributed by atoms with Gasteiger partial charge in [-0.15, -0.1) is 0 Å². The molecule has 23 heavy (non-hydrogen) atoms. The molecule has 0 radical (unpaired) electrons. The summed E-state index contributed by atoms with van der Waals surface area (Å²) in [6.45, 7) is 0.442. The van der Waals surface area contributed by atoms with E-state index in [4.69, 9.17) is 11.6 Å². The Hall–Kier alpha value is -1.64. The third-order valence-corrected chi connectivity index (χ3v) is 5.97. The second-order valence-corrected chi connectivity index (χ2v) is 7.64. The monoisotopic (exact) mass is 356 g/mol. The Kier molecular flexibility index (Phi) is 4.31. The zero-order chi connectivity index (χ0) is 16.6. The number of hydrogen-bond donors (Lipinski definition) is 1. The number of benzene rings is 1. The van der Waals surface area contributed by atoms with Gasteiger partial charge in [0, 0.05) is 26.1 Å². The topological polar surface area (TPSA) is 86.0 Å². The molecule has 1 aromatic carbocycles. The minimum Gasteiger partial charge on any atom is -0.279 e. The maximum absolute atomic E-state index is 12.5. The van der Waals surface area contributed by atoms with Crippen LogP contribution in [-0.4, -0.2) is 28.8 Å². The molecule has 2 heterocycles. The smallest absolute Gasteiger partial charge is 0.279 e. The summed E-state index contributed by atoms with van der Waals surface area (Å²) < 4.78 is 30.6. The summed E-state index contributed by atoms with van der Waals surface area (Å²) in [5.41, 5.74) is -0.172. The fourth-order valence-corrected chi connectivity index (χ4v) is 4.59. The summed E-state index contributed by atoms with van der Waals surface area (Å²) in [6.07, 6.45) is 1.66. The second kappa shape index (κ2) is 6.10. The SMILES string of the molecule is Cn1nc2n(c1=O)CCC(NS(=O)(=O)c1ccccc1Cl)CC2. The van der Waals surface area contributed by atoms with Gasteiger partial charge in [-0.05, 0) is 25.0 Å². The summed E-state index contributed by atoms with van der Waals surface area (Å²) >= 11 is 5.98. The Morgan fingerprint density at radius 2 is 2.04 bits per heavy atom. The van der Waals surface area contributed by atoms with Crippen molar-refractivity contribution in [3.8, 4) is 0 Å². The lowest BCUT2D eigenvalue weighted by atomic mass is 10.1. The van der Waals surface area contributed by atoms with E-state index in [-0.39, 0.29) is 21.6 Å². The van der Waals surface area contributed by atoms with Crippen molar-refractivity contribution in [3.05, 3.63) is 45.6 Å². The molecular formula is C14H17ClN4O3S. The molecule has 0 saturated carbocycles. The number of halogens is 1. The van der Waals surface area contributed by atoms with Crippen molar-refractivity contribution in [2.75, 3.05) is 0 Å². The molecule has 1 aliphatic rings. The molecule has 0 bridgehead atoms. The predicted octanol–water partition coefficient (Wildman–Crippen LogP) is 0.919. The molecule has 7 nitrogen and oxygen atoms in total. The molecule has 1 aliphatic heterocycles. The van der Waals surface area contributed by atoms with Crippen LogP contribution < -0.4 is 10.4 Å². The highest BCUT2D eigenvalue weighted by Gasteiger charge is 2.25. The van der Waals surface area contributed by atoms with Crippen LogP contribution in [-0.2, 0) is 30.0 Å². The first-order chi connectivity index (χ1) is 10.9. The number of fused-ring (bicyclic) bond motifs is 1. The number of aromatic nitrogens is 3. The van der Waals surface area contributed by atoms with Gasteiger partial charge < -0.3 is 0 Å². The van der Waals surface area contributed by atoms with Crippen LogP contribution in [0.2, 0.25) is 5.02 Å². The average Bonchev–Trinajstić information content (AvgIpc) is 2.66. The van der Waals surface area contributed by atoms with E-state index in [0.29, 0.717) is 31.6 Å². The third kappa shape index (κ3) is 3.19. The standard InChI is InChI=1S/C14H17ClN4O3S/c1-18-14(20)19-9-8-10(6-7-13(19)16-18)17-23(21,22)12-5-3-2-4-11(12)15/h2-5,10,17H,6-9H2,1H3. The fourth-order valence-electron chi connectivity index (χ4n) is 2.76. The minimum atomic E-state index is -3.69. The number of rotatable bonds is 3. The zero-order valence-electron chi connectivity index (χ0n) is 12.6. The Balaban J connectivity index is 1.78. The summed E-state index contributed by atoms with van der Waals surface area (Å²) in [5.74, 6) is 0.692. The molecule has 9 heteroatoms. The molecular weight excluding hydrogens is 340 g/mol. The third-order valence-electron chi connectivity index (χ3n) is 3.95. The van der Waals surface area contributed by atoms with Crippen molar-refractivity contribution in [2.24, 2.45) is 7.05 Å². The Morgan fingerprint density at radius 1 is 1.30 bits per heavy atom. The van der Waals surface area contributed by atoms with Crippen LogP contribution in [0.4, 0.5) is 0 Å². The molecule has 1 atom stereocenters. The van der Waals surface area contributed by atoms with Gasteiger partial charge in [0.15, 0.2) is 0 Å². The van der Waals surface area contributed by atoms with Gasteiger partial charge in [0.05, 0.1) is 5.02 Å². The highest BCUT2D eigenvalue weighted by molar-refractivity contribution is 7.89. The van der Waals surface area contributed by atoms with Crippen LogP contribution in [0.25, 0.3) is 0 Å². The van der Waals surface area contributed by atoms with Gasteiger partial charge in [-0.2, -0.15) is 5.10 Å². The number of hydrogen-bond acceptors (Lipinski definition) is 4. The molecule has 0 saturated heterocycles. The summed E-state index contributed by atoms with van der Waals surface area (Å²) in [6, 6.07) is 6.07. The molecule has 124 valence electrons. The van der Waals surface area contributed by atoms with Crippen molar-refractivity contribution >= 4 is 21.6 Å². The molecule has 0 amide bonds. The van der Waals surface area contributed by atoms with E-state index in [0.717, 1.165) is 0 Å². The van der Waals surface area contributed by atoms with E-state index in [1.807, 2.05) is 0 Å². The quantitative estimate of drug-likeness (QED) is 0.886. The Labute approximate surface area is 138 Å². The van der Waals surface area contributed by atoms with E-state index >= 15 is 0 Å². The van der Waals surface area contributed by atoms with Gasteiger partial charge in [-0.25, -0.2) is 22.6 Å². The van der Waals surface area contributed by atoms with Gasteiger partial charge in [-0.1, -0.05) is 23.7 Å². The number of nitrogens with zero attached hydrogens (tertiary/aromatic N) is 3. The minimum absolute atomic E-state index is 0.0690. The maximum atomic E-state index is 12.5. The number of aryl methyl sites for hydroxylation is 2. The van der Waals surface area contributed by atoms with Crippen LogP contribution in [0.3, 0.4) is 0 Å². The van der Waals surface area contributed by atoms with E-state index in [2.05, 4.69) is 9.82 Å². The van der Waals surface area contributed by atoms with Crippen LogP contribution in [0.5, 0.6) is 0 Å². The highest BCUT2D eigenvalue weighted by atomic mass is 35.5. The molecule has 0 spiro atoms. The van der Waals surface area contributed by atoms with Crippen LogP contribution in [0.15, 0.2) is 34.0 Å². The molecule has 1 aromatic heterocycles. The summed E-state index contributed by atoms with van der Waals surface area (Å²) in [4.78, 5) is 12.0. The summed E-state index contributed by atoms with van der Waals surface area (Å²) in [5, 5.41) is 4.37. The molecule has 1 N–H and O–H groups in total. The van der Waals surface area contributed by atoms with E-state index in [9.17, 15) is 13.2 Å². The van der Waals surface area contributed by atoms with Crippen molar-refractivity contribution in [1.82, 2.24) is 19.1 Å². The molecule has 0 fully saturated rings. The molecule has 0 aliphatic carbocycles. The van der Waals surface area contributed by atoms with Crippen LogP contribution in [0.1, 0.15) is 18.7 Å². The molecule has 2 aromatic rings. The van der Waals surface area contributed by atoms with Gasteiger partial charge in [0.1, 0.15) is 10.7 Å². The lowest BCUT2D eigenvalue weighted by molar-refractivity contribution is 0.490. The highest BCUT2D eigenvalue weighted by Crippen LogP contribution is 2.22. The van der Waals surface area contributed by atoms with E-state index in [1.54, 1.807) is 29.8 Å². The Bertz CT molecular complexity index is 888. The van der Waals surface area contributed by atoms with Crippen molar-refractivity contribution in [3.63, 3.8) is 0 Å². The van der Waals surface area contributed by atoms with E-state index in [1.165, 1.54) is 10.7 Å². The van der Waals surface area contributed by atoms with Crippen LogP contribution in [0, 0.1) is 0 Å². The molecule has 1 unspecified atom stereocenters. The normalized spacial score (nSPS) is 18.4. The number of sulfonamides is 1. The van der Waals surface area contributed by atoms with Gasteiger partial charge in [-0.3, -0.25) is 4.57 Å². The second-order valence-electron chi connectivity index (χ2n) is 5.55. The van der Waals surface area contributed by atoms with Crippen molar-refractivity contribution < 1.29 is 8.42 Å². The first-order valence-electron chi connectivity index (χ1n) is 7.28. The Morgan fingerprint density at radius 3 is 2.78 bits per heavy atom. The average molecular weight is 357 g/mol. The van der Waals surface area contributed by atoms with Gasteiger partial charge in [0.25, 0.3) is 0 Å². The zero-order valence-corrected chi connectivity index (χ0v) is 14.1. The summed E-state index contributed by atoms with van der Waals surface area (Å²) in [7, 11) is -2.08. The lowest BCUT2D eigenvalue weighted by Gasteiger charge is -2.16. The first kappa shape index (κ1) is 16.2. The van der Waals surface area contributed by atoms with E-state index < -0.39 is 10.0 Å². The van der Waals surface area contributed by atoms with Gasteiger partial charge >= 0.3 is 5.69 Å². The van der Waals surface area contributed by atoms with Crippen molar-refractivity contribution in [1.29, 1.82) is 0 Å². The van der Waals surface area contributed by atoms with Crippen molar-refractivity contribution in [2.45, 2.75) is 36.7 Å². The fraction of sp³-hybridized carbons (Fsp3) is 0.429. The first-order valence-corrected chi connectivity index (χ1v) is 9.14. The largest absolute Gasteiger partial charge is 0.345 e. The lowest BCUT2D eigenvalue weighted by Crippen LogP contribution is -2.35. The van der Waals surface area contributed by atoms with Gasteiger partial charge in [0.2, 0.25) is 10.0 Å².